The van der Waals surface area contributed by atoms with Crippen molar-refractivity contribution >= 4 is 5.97 Å². The zero-order valence-electron chi connectivity index (χ0n) is 34.9. The van der Waals surface area contributed by atoms with E-state index in [-0.39, 0.29) is 19.2 Å². The van der Waals surface area contributed by atoms with E-state index < -0.39 is 6.10 Å². The lowest BCUT2D eigenvalue weighted by molar-refractivity contribution is -0.154. The van der Waals surface area contributed by atoms with Crippen LogP contribution in [0, 0.1) is 0 Å². The van der Waals surface area contributed by atoms with Gasteiger partial charge in [0, 0.05) is 13.0 Å². The molecule has 4 heteroatoms. The Morgan fingerprint density at radius 3 is 1.26 bits per heavy atom. The molecular formula is C50H82O4. The molecule has 0 bridgehead atoms. The van der Waals surface area contributed by atoms with Crippen molar-refractivity contribution in [2.24, 2.45) is 0 Å². The second-order valence-corrected chi connectivity index (χ2v) is 14.0. The zero-order valence-corrected chi connectivity index (χ0v) is 34.9. The summed E-state index contributed by atoms with van der Waals surface area (Å²) < 4.78 is 11.1. The summed E-state index contributed by atoms with van der Waals surface area (Å²) in [5, 5.41) is 9.60. The number of carbonyl (C=O) groups is 1. The molecule has 1 atom stereocenters. The molecule has 0 aromatic rings. The number of hydrogen-bond acceptors (Lipinski definition) is 4. The molecule has 0 aromatic carbocycles. The first-order valence-electron chi connectivity index (χ1n) is 22.0. The lowest BCUT2D eigenvalue weighted by Gasteiger charge is -2.15. The van der Waals surface area contributed by atoms with E-state index in [9.17, 15) is 9.90 Å². The number of allylic oxidation sites excluding steroid dienone is 18. The monoisotopic (exact) mass is 747 g/mol. The Bertz CT molecular complexity index is 1050. The molecule has 0 rings (SSSR count). The summed E-state index contributed by atoms with van der Waals surface area (Å²) in [7, 11) is 0. The number of aliphatic hydroxyl groups excluding tert-OH is 1. The average molecular weight is 747 g/mol. The van der Waals surface area contributed by atoms with Gasteiger partial charge in [0.1, 0.15) is 6.10 Å². The third-order valence-electron chi connectivity index (χ3n) is 8.83. The highest BCUT2D eigenvalue weighted by Gasteiger charge is 2.13. The van der Waals surface area contributed by atoms with Crippen LogP contribution in [0.2, 0.25) is 0 Å². The first-order chi connectivity index (χ1) is 26.7. The summed E-state index contributed by atoms with van der Waals surface area (Å²) >= 11 is 0. The van der Waals surface area contributed by atoms with E-state index in [1.54, 1.807) is 0 Å². The molecule has 0 radical (unpaired) electrons. The van der Waals surface area contributed by atoms with Gasteiger partial charge in [-0.1, -0.05) is 175 Å². The third kappa shape index (κ3) is 43.5. The minimum absolute atomic E-state index is 0.197. The highest BCUT2D eigenvalue weighted by Crippen LogP contribution is 2.10. The van der Waals surface area contributed by atoms with Gasteiger partial charge in [-0.15, -0.1) is 0 Å². The van der Waals surface area contributed by atoms with Gasteiger partial charge in [-0.25, -0.2) is 0 Å². The van der Waals surface area contributed by atoms with Crippen molar-refractivity contribution in [2.45, 2.75) is 180 Å². The van der Waals surface area contributed by atoms with Crippen molar-refractivity contribution < 1.29 is 19.4 Å². The van der Waals surface area contributed by atoms with E-state index >= 15 is 0 Å². The summed E-state index contributed by atoms with van der Waals surface area (Å²) in [6, 6.07) is 0. The summed E-state index contributed by atoms with van der Waals surface area (Å²) in [5.74, 6) is -0.241. The van der Waals surface area contributed by atoms with Gasteiger partial charge >= 0.3 is 5.97 Å². The topological polar surface area (TPSA) is 55.8 Å². The summed E-state index contributed by atoms with van der Waals surface area (Å²) in [4.78, 5) is 12.2. The maximum absolute atomic E-state index is 12.2. The van der Waals surface area contributed by atoms with Crippen molar-refractivity contribution in [1.82, 2.24) is 0 Å². The number of ether oxygens (including phenoxy) is 2. The van der Waals surface area contributed by atoms with Crippen molar-refractivity contribution in [3.8, 4) is 0 Å². The largest absolute Gasteiger partial charge is 0.457 e. The molecule has 0 aliphatic heterocycles. The number of esters is 1. The van der Waals surface area contributed by atoms with E-state index in [4.69, 9.17) is 9.47 Å². The van der Waals surface area contributed by atoms with Crippen LogP contribution in [-0.2, 0) is 14.3 Å². The molecule has 4 nitrogen and oxygen atoms in total. The minimum Gasteiger partial charge on any atom is -0.457 e. The van der Waals surface area contributed by atoms with Crippen molar-refractivity contribution in [3.05, 3.63) is 109 Å². The standard InChI is InChI=1S/C50H82O4/c1-3-5-7-9-11-13-15-17-19-21-22-23-24-25-26-27-28-29-31-33-35-37-39-41-43-45-50(52)54-49(47-51)48-53-46-44-42-40-38-36-34-32-30-20-18-16-14-12-10-8-6-4-2/h5,7,11,13-14,16-17,19-20,22-23,25-26,28-30,33,35,49,51H,3-4,6,8-10,12,15,18,21,24,27,31-32,34,36-48H2,1-2H3/b7-5-,13-11-,16-14-,19-17-,23-22-,26-25-,29-28-,30-20-,35-33-. The van der Waals surface area contributed by atoms with Gasteiger partial charge in [0.15, 0.2) is 0 Å². The summed E-state index contributed by atoms with van der Waals surface area (Å²) in [6.07, 6.45) is 67.2. The first kappa shape index (κ1) is 51.0. The second-order valence-electron chi connectivity index (χ2n) is 14.0. The van der Waals surface area contributed by atoms with Crippen molar-refractivity contribution in [1.29, 1.82) is 0 Å². The Kier molecular flexibility index (Phi) is 43.7. The number of unbranched alkanes of at least 4 members (excludes halogenated alkanes) is 13. The fraction of sp³-hybridized carbons (Fsp3) is 0.620. The van der Waals surface area contributed by atoms with Crippen LogP contribution in [0.25, 0.3) is 0 Å². The molecule has 1 unspecified atom stereocenters. The van der Waals surface area contributed by atoms with E-state index in [1.165, 1.54) is 64.2 Å². The average Bonchev–Trinajstić information content (AvgIpc) is 3.18. The molecule has 0 fully saturated rings. The van der Waals surface area contributed by atoms with Crippen LogP contribution in [0.1, 0.15) is 174 Å². The van der Waals surface area contributed by atoms with Crippen LogP contribution < -0.4 is 0 Å². The molecule has 0 saturated carbocycles. The zero-order chi connectivity index (χ0) is 39.1. The maximum Gasteiger partial charge on any atom is 0.306 e. The first-order valence-corrected chi connectivity index (χ1v) is 22.0. The molecule has 0 saturated heterocycles. The van der Waals surface area contributed by atoms with Crippen LogP contribution in [0.5, 0.6) is 0 Å². The Hall–Kier alpha value is -2.95. The van der Waals surface area contributed by atoms with Crippen LogP contribution in [-0.4, -0.2) is 37.0 Å². The van der Waals surface area contributed by atoms with Gasteiger partial charge < -0.3 is 14.6 Å². The third-order valence-corrected chi connectivity index (χ3v) is 8.83. The van der Waals surface area contributed by atoms with Gasteiger partial charge in [-0.3, -0.25) is 4.79 Å². The van der Waals surface area contributed by atoms with Crippen LogP contribution in [0.4, 0.5) is 0 Å². The highest BCUT2D eigenvalue weighted by atomic mass is 16.6. The Morgan fingerprint density at radius 1 is 0.463 bits per heavy atom. The van der Waals surface area contributed by atoms with Crippen LogP contribution in [0.3, 0.4) is 0 Å². The van der Waals surface area contributed by atoms with Gasteiger partial charge in [0.05, 0.1) is 13.2 Å². The molecule has 0 aliphatic rings. The Morgan fingerprint density at radius 2 is 0.833 bits per heavy atom. The SMILES string of the molecule is CC/C=C\C/C=C\C/C=C\C/C=C\C/C=C\C/C=C\C/C=C\CCCCCC(=O)OC(CO)COCCCCCCCC/C=C\C/C=C\CCCCCC. The fourth-order valence-corrected chi connectivity index (χ4v) is 5.57. The van der Waals surface area contributed by atoms with Crippen molar-refractivity contribution in [3.63, 3.8) is 0 Å². The molecule has 0 aliphatic carbocycles. The number of aliphatic hydroxyl groups is 1. The van der Waals surface area contributed by atoms with Crippen LogP contribution >= 0.6 is 0 Å². The fourth-order valence-electron chi connectivity index (χ4n) is 5.57. The number of rotatable bonds is 39. The summed E-state index contributed by atoms with van der Waals surface area (Å²) in [6.45, 7) is 5.14. The lowest BCUT2D eigenvalue weighted by atomic mass is 10.1. The van der Waals surface area contributed by atoms with Crippen molar-refractivity contribution in [2.75, 3.05) is 19.8 Å². The molecule has 0 aromatic heterocycles. The van der Waals surface area contributed by atoms with Crippen LogP contribution in [0.15, 0.2) is 109 Å². The molecule has 0 amide bonds. The molecule has 0 heterocycles. The molecule has 306 valence electrons. The highest BCUT2D eigenvalue weighted by molar-refractivity contribution is 5.69. The maximum atomic E-state index is 12.2. The smallest absolute Gasteiger partial charge is 0.306 e. The lowest BCUT2D eigenvalue weighted by Crippen LogP contribution is -2.27. The molecule has 0 spiro atoms. The summed E-state index contributed by atoms with van der Waals surface area (Å²) in [5.41, 5.74) is 0. The Labute approximate surface area is 334 Å². The molecular weight excluding hydrogens is 665 g/mol. The normalized spacial score (nSPS) is 13.5. The van der Waals surface area contributed by atoms with Gasteiger partial charge in [-0.2, -0.15) is 0 Å². The van der Waals surface area contributed by atoms with E-state index in [0.717, 1.165) is 89.9 Å². The predicted molar refractivity (Wildman–Crippen MR) is 237 cm³/mol. The molecule has 1 N–H and O–H groups in total. The molecule has 54 heavy (non-hydrogen) atoms. The quantitative estimate of drug-likeness (QED) is 0.0387. The van der Waals surface area contributed by atoms with Gasteiger partial charge in [-0.05, 0) is 103 Å². The number of carbonyl (C=O) groups excluding carboxylic acids is 1. The minimum atomic E-state index is -0.566. The predicted octanol–water partition coefficient (Wildman–Crippen LogP) is 14.7. The Balaban J connectivity index is 3.61. The van der Waals surface area contributed by atoms with E-state index in [2.05, 4.69) is 123 Å². The van der Waals surface area contributed by atoms with Gasteiger partial charge in [0.25, 0.3) is 0 Å². The van der Waals surface area contributed by atoms with E-state index in [0.29, 0.717) is 13.0 Å². The van der Waals surface area contributed by atoms with Gasteiger partial charge in [0.2, 0.25) is 0 Å². The second kappa shape index (κ2) is 46.2. The number of hydrogen-bond donors (Lipinski definition) is 1. The van der Waals surface area contributed by atoms with E-state index in [1.807, 2.05) is 0 Å².